The summed E-state index contributed by atoms with van der Waals surface area (Å²) in [5.74, 6) is 0. The monoisotopic (exact) mass is 225 g/mol. The van der Waals surface area contributed by atoms with Gasteiger partial charge in [-0.15, -0.1) is 0 Å². The molecular formula is C4H8IN3. The summed E-state index contributed by atoms with van der Waals surface area (Å²) >= 11 is 2.07. The summed E-state index contributed by atoms with van der Waals surface area (Å²) in [7, 11) is 0. The number of hydrogen-bond acceptors (Lipinski definition) is 3. The minimum absolute atomic E-state index is 0.0485. The summed E-state index contributed by atoms with van der Waals surface area (Å²) in [6.07, 6.45) is 4.01. The highest BCUT2D eigenvalue weighted by atomic mass is 127. The Labute approximate surface area is 62.0 Å². The zero-order valence-corrected chi connectivity index (χ0v) is 6.50. The first-order valence-corrected chi connectivity index (χ1v) is 3.43. The van der Waals surface area contributed by atoms with E-state index in [9.17, 15) is 0 Å². The van der Waals surface area contributed by atoms with Gasteiger partial charge in [-0.3, -0.25) is 0 Å². The topological polar surface area (TPSA) is 62.2 Å². The molecule has 0 aromatic heterocycles. The smallest absolute Gasteiger partial charge is 0.125 e. The summed E-state index contributed by atoms with van der Waals surface area (Å²) in [6, 6.07) is 0. The Morgan fingerprint density at radius 3 is 2.88 bits per heavy atom. The number of nitrogens with two attached hydrogens (primary N) is 1. The first kappa shape index (κ1) is 7.87. The maximum atomic E-state index is 6.53. The normalized spacial score (nSPS) is 14.1. The van der Waals surface area contributed by atoms with E-state index in [2.05, 4.69) is 27.7 Å². The van der Waals surface area contributed by atoms with Gasteiger partial charge in [-0.1, -0.05) is 28.7 Å². The van der Waals surface area contributed by atoms with Gasteiger partial charge in [0, 0.05) is 6.42 Å². The Hall–Kier alpha value is -0.130. The third-order valence-corrected chi connectivity index (χ3v) is 1.39. The van der Waals surface area contributed by atoms with Crippen LogP contribution in [0.4, 0.5) is 0 Å². The van der Waals surface area contributed by atoms with Gasteiger partial charge >= 0.3 is 0 Å². The van der Waals surface area contributed by atoms with Crippen LogP contribution in [0.2, 0.25) is 0 Å². The molecule has 0 saturated carbocycles. The molecule has 0 amide bonds. The van der Waals surface area contributed by atoms with E-state index in [4.69, 9.17) is 11.3 Å². The molecule has 0 radical (unpaired) electrons. The second kappa shape index (κ2) is 5.02. The molecule has 3 N–H and O–H groups in total. The van der Waals surface area contributed by atoms with Gasteiger partial charge in [-0.2, -0.15) is 5.11 Å². The van der Waals surface area contributed by atoms with Gasteiger partial charge in [0.2, 0.25) is 0 Å². The van der Waals surface area contributed by atoms with Crippen LogP contribution in [0.25, 0.3) is 0 Å². The van der Waals surface area contributed by atoms with Crippen LogP contribution in [0.5, 0.6) is 0 Å². The highest BCUT2D eigenvalue weighted by Crippen LogP contribution is 2.06. The zero-order valence-electron chi connectivity index (χ0n) is 4.34. The number of hydrogen-bond donors (Lipinski definition) is 2. The number of alkyl halides is 1. The third-order valence-electron chi connectivity index (χ3n) is 0.607. The van der Waals surface area contributed by atoms with E-state index in [1.165, 1.54) is 6.20 Å². The molecule has 1 atom stereocenters. The Kier molecular flexibility index (Phi) is 4.93. The average molecular weight is 225 g/mol. The van der Waals surface area contributed by atoms with Crippen molar-refractivity contribution in [2.45, 2.75) is 10.5 Å². The first-order valence-electron chi connectivity index (χ1n) is 2.18. The van der Waals surface area contributed by atoms with Crippen molar-refractivity contribution in [1.29, 1.82) is 5.53 Å². The van der Waals surface area contributed by atoms with Crippen molar-refractivity contribution in [1.82, 2.24) is 0 Å². The molecule has 8 heavy (non-hydrogen) atoms. The lowest BCUT2D eigenvalue weighted by Crippen LogP contribution is -1.87. The van der Waals surface area contributed by atoms with Gasteiger partial charge in [0.25, 0.3) is 0 Å². The van der Waals surface area contributed by atoms with Gasteiger partial charge < -0.3 is 5.73 Å². The molecule has 0 unspecified atom stereocenters. The zero-order chi connectivity index (χ0) is 6.41. The van der Waals surface area contributed by atoms with E-state index >= 15 is 0 Å². The largest absolute Gasteiger partial charge is 0.405 e. The Morgan fingerprint density at radius 1 is 1.88 bits per heavy atom. The van der Waals surface area contributed by atoms with Crippen LogP contribution in [0.1, 0.15) is 6.42 Å². The summed E-state index contributed by atoms with van der Waals surface area (Å²) < 4.78 is 0.0485. The van der Waals surface area contributed by atoms with E-state index in [-0.39, 0.29) is 4.05 Å². The molecular weight excluding hydrogens is 217 g/mol. The lowest BCUT2D eigenvalue weighted by Gasteiger charge is -1.92. The van der Waals surface area contributed by atoms with Gasteiger partial charge in [0.15, 0.2) is 0 Å². The molecule has 3 nitrogen and oxygen atoms in total. The maximum absolute atomic E-state index is 6.53. The molecule has 0 heterocycles. The van der Waals surface area contributed by atoms with Crippen molar-refractivity contribution in [3.63, 3.8) is 0 Å². The number of rotatable bonds is 3. The fraction of sp³-hybridized carbons (Fsp3) is 0.500. The van der Waals surface area contributed by atoms with E-state index in [0.717, 1.165) is 6.42 Å². The van der Waals surface area contributed by atoms with Gasteiger partial charge in [-0.05, 0) is 6.20 Å². The number of halogens is 1. The van der Waals surface area contributed by atoms with Gasteiger partial charge in [-0.25, -0.2) is 5.53 Å². The highest BCUT2D eigenvalue weighted by molar-refractivity contribution is 14.1. The summed E-state index contributed by atoms with van der Waals surface area (Å²) in [4.78, 5) is 0. The van der Waals surface area contributed by atoms with Gasteiger partial charge in [0.1, 0.15) is 4.05 Å². The fourth-order valence-electron chi connectivity index (χ4n) is 0.244. The SMILES string of the molecule is N=N[C@@H](I)C/C=C/N. The van der Waals surface area contributed by atoms with Crippen LogP contribution < -0.4 is 5.73 Å². The predicted molar refractivity (Wildman–Crippen MR) is 40.9 cm³/mol. The maximum Gasteiger partial charge on any atom is 0.125 e. The lowest BCUT2D eigenvalue weighted by molar-refractivity contribution is 0.858. The molecule has 46 valence electrons. The van der Waals surface area contributed by atoms with Crippen LogP contribution in [0.3, 0.4) is 0 Å². The van der Waals surface area contributed by atoms with Crippen molar-refractivity contribution in [2.75, 3.05) is 0 Å². The molecule has 0 saturated heterocycles. The average Bonchev–Trinajstić information content (AvgIpc) is 1.83. The molecule has 0 aromatic carbocycles. The van der Waals surface area contributed by atoms with Crippen molar-refractivity contribution in [3.8, 4) is 0 Å². The summed E-state index contributed by atoms with van der Waals surface area (Å²) in [6.45, 7) is 0. The number of nitrogens with zero attached hydrogens (tertiary/aromatic N) is 1. The predicted octanol–water partition coefficient (Wildman–Crippen LogP) is 1.64. The molecule has 0 spiro atoms. The highest BCUT2D eigenvalue weighted by Gasteiger charge is 1.93. The molecule has 0 rings (SSSR count). The molecule has 0 aliphatic carbocycles. The minimum atomic E-state index is 0.0485. The number of nitrogens with one attached hydrogen (secondary N) is 1. The Morgan fingerprint density at radius 2 is 2.50 bits per heavy atom. The van der Waals surface area contributed by atoms with E-state index in [0.29, 0.717) is 0 Å². The summed E-state index contributed by atoms with van der Waals surface area (Å²) in [5, 5.41) is 3.26. The molecule has 0 aliphatic rings. The van der Waals surface area contributed by atoms with Crippen molar-refractivity contribution >= 4 is 22.6 Å². The quantitative estimate of drug-likeness (QED) is 0.326. The second-order valence-corrected chi connectivity index (χ2v) is 2.67. The van der Waals surface area contributed by atoms with Crippen LogP contribution in [0.15, 0.2) is 17.4 Å². The molecule has 0 aromatic rings. The van der Waals surface area contributed by atoms with Crippen molar-refractivity contribution < 1.29 is 0 Å². The van der Waals surface area contributed by atoms with E-state index in [1.807, 2.05) is 0 Å². The van der Waals surface area contributed by atoms with Crippen LogP contribution in [0, 0.1) is 5.53 Å². The van der Waals surface area contributed by atoms with Crippen LogP contribution in [-0.4, -0.2) is 4.05 Å². The van der Waals surface area contributed by atoms with Crippen LogP contribution >= 0.6 is 22.6 Å². The Bertz CT molecular complexity index is 91.3. The molecule has 0 aliphatic heterocycles. The van der Waals surface area contributed by atoms with Crippen LogP contribution in [-0.2, 0) is 0 Å². The fourth-order valence-corrected chi connectivity index (χ4v) is 0.537. The summed E-state index contributed by atoms with van der Waals surface area (Å²) in [5.41, 5.74) is 11.6. The first-order chi connectivity index (χ1) is 3.81. The van der Waals surface area contributed by atoms with E-state index < -0.39 is 0 Å². The standard InChI is InChI=1S/C4H8IN3/c5-4(8-7)2-1-3-6/h1,3-4,7H,2,6H2/b3-1+,8-7?/t4-/m1/s1. The molecule has 4 heteroatoms. The Balaban J connectivity index is 3.23. The molecule has 0 bridgehead atoms. The third kappa shape index (κ3) is 4.04. The van der Waals surface area contributed by atoms with E-state index in [1.54, 1.807) is 6.08 Å². The van der Waals surface area contributed by atoms with Gasteiger partial charge in [0.05, 0.1) is 0 Å². The van der Waals surface area contributed by atoms with Crippen molar-refractivity contribution in [3.05, 3.63) is 12.3 Å². The second-order valence-electron chi connectivity index (χ2n) is 1.23. The minimum Gasteiger partial charge on any atom is -0.405 e. The molecule has 0 fully saturated rings. The van der Waals surface area contributed by atoms with Crippen molar-refractivity contribution in [2.24, 2.45) is 10.8 Å². The lowest BCUT2D eigenvalue weighted by atomic mass is 10.4.